The van der Waals surface area contributed by atoms with Gasteiger partial charge in [0.25, 0.3) is 10.1 Å². The molecule has 9 nitrogen and oxygen atoms in total. The van der Waals surface area contributed by atoms with E-state index in [1.54, 1.807) is 36.4 Å². The zero-order chi connectivity index (χ0) is 28.7. The minimum Gasteiger partial charge on any atom is -0.389 e. The van der Waals surface area contributed by atoms with Crippen LogP contribution in [0.2, 0.25) is 0 Å². The Balaban J connectivity index is 0.000000304. The van der Waals surface area contributed by atoms with E-state index < -0.39 is 42.6 Å². The first kappa shape index (κ1) is 16.6. The van der Waals surface area contributed by atoms with Crippen LogP contribution in [0.1, 0.15) is 33.3 Å². The summed E-state index contributed by atoms with van der Waals surface area (Å²) in [5.74, 6) is 0.0187. The van der Waals surface area contributed by atoms with Crippen molar-refractivity contribution < 1.29 is 31.4 Å². The van der Waals surface area contributed by atoms with Crippen LogP contribution in [0.3, 0.4) is 0 Å². The summed E-state index contributed by atoms with van der Waals surface area (Å²) in [5.41, 5.74) is 4.81. The van der Waals surface area contributed by atoms with E-state index in [1.807, 2.05) is 6.92 Å². The van der Waals surface area contributed by atoms with Crippen molar-refractivity contribution in [2.45, 2.75) is 44.3 Å². The highest BCUT2D eigenvalue weighted by Crippen LogP contribution is 2.29. The summed E-state index contributed by atoms with van der Waals surface area (Å²) < 4.78 is 76.2. The molecule has 0 aliphatic carbocycles. The van der Waals surface area contributed by atoms with Crippen LogP contribution < -0.4 is 5.73 Å². The van der Waals surface area contributed by atoms with Gasteiger partial charge in [0.15, 0.2) is 5.82 Å². The van der Waals surface area contributed by atoms with Gasteiger partial charge in [-0.2, -0.15) is 8.42 Å². The van der Waals surface area contributed by atoms with Crippen LogP contribution in [0.4, 0.5) is 5.82 Å². The summed E-state index contributed by atoms with van der Waals surface area (Å²) >= 11 is 0. The van der Waals surface area contributed by atoms with Crippen molar-refractivity contribution in [2.75, 3.05) is 5.73 Å². The Kier molecular flexibility index (Phi) is 4.57. The van der Waals surface area contributed by atoms with Gasteiger partial charge in [-0.05, 0) is 38.8 Å². The van der Waals surface area contributed by atoms with Gasteiger partial charge in [-0.3, -0.25) is 4.55 Å². The van der Waals surface area contributed by atoms with Crippen LogP contribution in [0.5, 0.6) is 0 Å². The number of fused-ring (bicyclic) bond motifs is 3. The second-order valence-electron chi connectivity index (χ2n) is 7.13. The van der Waals surface area contributed by atoms with E-state index in [-0.39, 0.29) is 22.1 Å². The molecule has 32 heavy (non-hydrogen) atoms. The predicted octanol–water partition coefficient (Wildman–Crippen LogP) is 2.67. The van der Waals surface area contributed by atoms with Crippen LogP contribution in [-0.4, -0.2) is 43.3 Å². The van der Waals surface area contributed by atoms with Crippen molar-refractivity contribution in [1.82, 2.24) is 14.5 Å². The van der Waals surface area contributed by atoms with E-state index >= 15 is 0 Å². The maximum absolute atomic E-state index is 10.7. The Morgan fingerprint density at radius 1 is 1.12 bits per heavy atom. The van der Waals surface area contributed by atoms with Crippen molar-refractivity contribution in [2.24, 2.45) is 0 Å². The van der Waals surface area contributed by atoms with Crippen LogP contribution in [0.25, 0.3) is 21.9 Å². The Bertz CT molecular complexity index is 1550. The monoisotopic (exact) mass is 464 g/mol. The number of imidazole rings is 1. The van der Waals surface area contributed by atoms with Crippen molar-refractivity contribution in [3.8, 4) is 0 Å². The molecule has 4 rings (SSSR count). The number of anilines is 1. The minimum absolute atomic E-state index is 0.0261. The number of hydrogen-bond acceptors (Lipinski definition) is 7. The lowest BCUT2D eigenvalue weighted by molar-refractivity contribution is 0.0607. The highest BCUT2D eigenvalue weighted by atomic mass is 32.2. The van der Waals surface area contributed by atoms with Gasteiger partial charge >= 0.3 is 0 Å². The molecule has 4 aromatic rings. The fourth-order valence-corrected chi connectivity index (χ4v) is 3.62. The fraction of sp³-hybridized carbons (Fsp3) is 0.273. The van der Waals surface area contributed by atoms with Crippen LogP contribution >= 0.6 is 0 Å². The number of benzene rings is 2. The first-order valence-corrected chi connectivity index (χ1v) is 10.8. The standard InChI is InChI=1S/C15H18N4O2.C7H8O3S/c1-15(2,21)8-19-11(7-20)18-12-13(19)9-5-3-4-6-10(9)17-14(12)16;1-6-2-4-7(5-3-6)11(8,9)10/h3-6,20-21H,7-8H2,1-2H3,(H2,16,17);2-5H,1H3,(H,8,9,10)/i1D3,2D3;. The van der Waals surface area contributed by atoms with Gasteiger partial charge in [0.2, 0.25) is 0 Å². The minimum atomic E-state index is -4.02. The second kappa shape index (κ2) is 8.83. The molecule has 0 bridgehead atoms. The Morgan fingerprint density at radius 3 is 2.38 bits per heavy atom. The molecule has 0 aliphatic rings. The number of aliphatic hydroxyl groups is 2. The SMILES string of the molecule is Cc1ccc(S(=O)(=O)O)cc1.[2H]C([2H])([2H])C(O)(Cn1c(CO)nc2c(N)nc3ccccc3c21)C([2H])([2H])[2H]. The van der Waals surface area contributed by atoms with Gasteiger partial charge < -0.3 is 20.5 Å². The number of aromatic nitrogens is 3. The third kappa shape index (κ3) is 5.22. The van der Waals surface area contributed by atoms with E-state index in [2.05, 4.69) is 9.97 Å². The third-order valence-electron chi connectivity index (χ3n) is 4.54. The van der Waals surface area contributed by atoms with Crippen LogP contribution in [0.15, 0.2) is 53.4 Å². The molecule has 0 spiro atoms. The van der Waals surface area contributed by atoms with Gasteiger partial charge in [-0.15, -0.1) is 0 Å². The van der Waals surface area contributed by atoms with Gasteiger partial charge in [0.05, 0.1) is 28.1 Å². The number of nitrogens with zero attached hydrogens (tertiary/aromatic N) is 3. The predicted molar refractivity (Wildman–Crippen MR) is 123 cm³/mol. The molecule has 0 atom stereocenters. The van der Waals surface area contributed by atoms with E-state index in [4.69, 9.17) is 18.5 Å². The number of pyridine rings is 1. The smallest absolute Gasteiger partial charge is 0.294 e. The maximum Gasteiger partial charge on any atom is 0.294 e. The highest BCUT2D eigenvalue weighted by molar-refractivity contribution is 7.85. The summed E-state index contributed by atoms with van der Waals surface area (Å²) in [5, 5.41) is 20.9. The Morgan fingerprint density at radius 2 is 1.78 bits per heavy atom. The lowest BCUT2D eigenvalue weighted by atomic mass is 10.1. The molecule has 2 aromatic heterocycles. The number of aryl methyl sites for hydroxylation is 1. The number of aliphatic hydroxyl groups excluding tert-OH is 1. The second-order valence-corrected chi connectivity index (χ2v) is 8.55. The largest absolute Gasteiger partial charge is 0.389 e. The topological polar surface area (TPSA) is 152 Å². The average Bonchev–Trinajstić information content (AvgIpc) is 3.17. The number of hydrogen-bond donors (Lipinski definition) is 4. The quantitative estimate of drug-likeness (QED) is 0.336. The summed E-state index contributed by atoms with van der Waals surface area (Å²) in [6.07, 6.45) is 0. The van der Waals surface area contributed by atoms with E-state index in [0.29, 0.717) is 16.4 Å². The average molecular weight is 465 g/mol. The Labute approximate surface area is 194 Å². The summed E-state index contributed by atoms with van der Waals surface area (Å²) in [6, 6.07) is 12.8. The molecule has 0 unspecified atom stereocenters. The van der Waals surface area contributed by atoms with Gasteiger partial charge in [-0.25, -0.2) is 9.97 Å². The molecule has 0 saturated heterocycles. The molecule has 0 amide bonds. The van der Waals surface area contributed by atoms with E-state index in [0.717, 1.165) is 5.56 Å². The number of rotatable bonds is 4. The first-order chi connectivity index (χ1) is 17.4. The molecule has 0 fully saturated rings. The zero-order valence-electron chi connectivity index (χ0n) is 23.0. The molecule has 170 valence electrons. The molecular weight excluding hydrogens is 432 g/mol. The molecule has 0 saturated carbocycles. The Hall–Kier alpha value is -3.05. The van der Waals surface area contributed by atoms with Crippen molar-refractivity contribution in [1.29, 1.82) is 0 Å². The van der Waals surface area contributed by atoms with E-state index in [9.17, 15) is 18.6 Å². The van der Waals surface area contributed by atoms with E-state index in [1.165, 1.54) is 16.7 Å². The number of nitrogen functional groups attached to an aromatic ring is 1. The fourth-order valence-electron chi connectivity index (χ4n) is 3.13. The number of nitrogens with two attached hydrogens (primary N) is 1. The van der Waals surface area contributed by atoms with Gasteiger partial charge in [0, 0.05) is 13.6 Å². The third-order valence-corrected chi connectivity index (χ3v) is 5.40. The molecule has 0 aliphatic heterocycles. The van der Waals surface area contributed by atoms with Gasteiger partial charge in [-0.1, -0.05) is 35.9 Å². The molecular formula is C22H26N4O5S. The molecule has 0 radical (unpaired) electrons. The van der Waals surface area contributed by atoms with Crippen LogP contribution in [0, 0.1) is 6.92 Å². The molecule has 2 heterocycles. The number of para-hydroxylation sites is 1. The zero-order valence-corrected chi connectivity index (χ0v) is 17.8. The van der Waals surface area contributed by atoms with Crippen molar-refractivity contribution >= 4 is 37.9 Å². The lowest BCUT2D eigenvalue weighted by Crippen LogP contribution is -2.27. The molecule has 10 heteroatoms. The summed E-state index contributed by atoms with van der Waals surface area (Å²) in [7, 11) is -4.02. The molecule has 2 aromatic carbocycles. The van der Waals surface area contributed by atoms with Crippen molar-refractivity contribution in [3.63, 3.8) is 0 Å². The maximum atomic E-state index is 10.7. The summed E-state index contributed by atoms with van der Waals surface area (Å²) in [4.78, 5) is 8.33. The molecule has 5 N–H and O–H groups in total. The highest BCUT2D eigenvalue weighted by Gasteiger charge is 2.21. The van der Waals surface area contributed by atoms with Crippen LogP contribution in [-0.2, 0) is 23.3 Å². The summed E-state index contributed by atoms with van der Waals surface area (Å²) in [6.45, 7) is -6.03. The van der Waals surface area contributed by atoms with Gasteiger partial charge in [0.1, 0.15) is 17.9 Å². The van der Waals surface area contributed by atoms with Crippen molar-refractivity contribution in [3.05, 3.63) is 59.9 Å². The lowest BCUT2D eigenvalue weighted by Gasteiger charge is -2.20. The first-order valence-electron chi connectivity index (χ1n) is 12.3. The normalized spacial score (nSPS) is 15.6.